The van der Waals surface area contributed by atoms with Crippen LogP contribution in [0.2, 0.25) is 0 Å². The van der Waals surface area contributed by atoms with Crippen LogP contribution in [0.25, 0.3) is 10.2 Å². The van der Waals surface area contributed by atoms with Crippen LogP contribution in [0, 0.1) is 0 Å². The predicted octanol–water partition coefficient (Wildman–Crippen LogP) is 3.00. The summed E-state index contributed by atoms with van der Waals surface area (Å²) in [6, 6.07) is 7.79. The van der Waals surface area contributed by atoms with Gasteiger partial charge in [-0.05, 0) is 42.5 Å². The van der Waals surface area contributed by atoms with Crippen molar-refractivity contribution >= 4 is 21.6 Å². The molecule has 0 spiro atoms. The van der Waals surface area contributed by atoms with Crippen LogP contribution in [0.4, 0.5) is 0 Å². The van der Waals surface area contributed by atoms with Gasteiger partial charge < -0.3 is 4.74 Å². The van der Waals surface area contributed by atoms with Gasteiger partial charge in [0.25, 0.3) is 5.56 Å². The highest BCUT2D eigenvalue weighted by Gasteiger charge is 2.21. The van der Waals surface area contributed by atoms with Crippen LogP contribution in [0.5, 0.6) is 5.75 Å². The van der Waals surface area contributed by atoms with Gasteiger partial charge in [0.15, 0.2) is 0 Å². The Morgan fingerprint density at radius 2 is 2.27 bits per heavy atom. The van der Waals surface area contributed by atoms with Gasteiger partial charge in [0, 0.05) is 4.88 Å². The largest absolute Gasteiger partial charge is 0.497 e. The zero-order chi connectivity index (χ0) is 15.1. The van der Waals surface area contributed by atoms with Crippen molar-refractivity contribution in [3.8, 4) is 5.75 Å². The Bertz CT molecular complexity index is 911. The highest BCUT2D eigenvalue weighted by molar-refractivity contribution is 7.18. The first-order chi connectivity index (χ1) is 10.8. The third-order valence-corrected chi connectivity index (χ3v) is 5.38. The maximum absolute atomic E-state index is 12.8. The fraction of sp³-hybridized carbons (Fsp3) is 0.294. The number of aryl methyl sites for hydroxylation is 2. The van der Waals surface area contributed by atoms with Crippen LogP contribution in [0.3, 0.4) is 0 Å². The Labute approximate surface area is 132 Å². The molecular weight excluding hydrogens is 296 g/mol. The van der Waals surface area contributed by atoms with E-state index in [4.69, 9.17) is 4.74 Å². The van der Waals surface area contributed by atoms with Gasteiger partial charge in [-0.1, -0.05) is 12.1 Å². The van der Waals surface area contributed by atoms with E-state index in [1.54, 1.807) is 29.3 Å². The topological polar surface area (TPSA) is 44.1 Å². The summed E-state index contributed by atoms with van der Waals surface area (Å²) in [6.45, 7) is 0.517. The lowest BCUT2D eigenvalue weighted by Gasteiger charge is -2.07. The summed E-state index contributed by atoms with van der Waals surface area (Å²) in [6.07, 6.45) is 4.91. The standard InChI is InChI=1S/C17H16N2O2S/c1-21-12-5-2-4-11(8-12)9-19-10-18-16-15(17(19)20)13-6-3-7-14(13)22-16/h2,4-5,8,10H,3,6-7,9H2,1H3. The molecular formula is C17H16N2O2S. The van der Waals surface area contributed by atoms with Crippen molar-refractivity contribution in [1.29, 1.82) is 0 Å². The van der Waals surface area contributed by atoms with E-state index in [1.165, 1.54) is 10.4 Å². The molecule has 0 aliphatic heterocycles. The highest BCUT2D eigenvalue weighted by Crippen LogP contribution is 2.34. The van der Waals surface area contributed by atoms with Crippen LogP contribution in [-0.2, 0) is 19.4 Å². The zero-order valence-corrected chi connectivity index (χ0v) is 13.2. The molecule has 0 N–H and O–H groups in total. The number of hydrogen-bond donors (Lipinski definition) is 0. The lowest BCUT2D eigenvalue weighted by atomic mass is 10.2. The lowest BCUT2D eigenvalue weighted by Crippen LogP contribution is -2.21. The molecule has 0 unspecified atom stereocenters. The van der Waals surface area contributed by atoms with E-state index in [9.17, 15) is 4.79 Å². The molecule has 2 heterocycles. The zero-order valence-electron chi connectivity index (χ0n) is 12.3. The molecule has 112 valence electrons. The number of hydrogen-bond acceptors (Lipinski definition) is 4. The molecule has 0 saturated heterocycles. The van der Waals surface area contributed by atoms with Crippen LogP contribution >= 0.6 is 11.3 Å². The van der Waals surface area contributed by atoms with E-state index in [-0.39, 0.29) is 5.56 Å². The SMILES string of the molecule is COc1cccc(Cn2cnc3sc4c(c3c2=O)CCC4)c1. The number of rotatable bonds is 3. The minimum atomic E-state index is 0.0761. The molecule has 5 heteroatoms. The lowest BCUT2D eigenvalue weighted by molar-refractivity contribution is 0.414. The molecule has 0 radical (unpaired) electrons. The summed E-state index contributed by atoms with van der Waals surface area (Å²) in [7, 11) is 1.65. The molecule has 0 amide bonds. The van der Waals surface area contributed by atoms with Crippen LogP contribution in [0.15, 0.2) is 35.4 Å². The normalized spacial score (nSPS) is 13.5. The third-order valence-electron chi connectivity index (χ3n) is 4.18. The van der Waals surface area contributed by atoms with Crippen molar-refractivity contribution in [3.05, 3.63) is 57.0 Å². The first kappa shape index (κ1) is 13.5. The monoisotopic (exact) mass is 312 g/mol. The molecule has 1 aromatic carbocycles. The van der Waals surface area contributed by atoms with Gasteiger partial charge in [0.2, 0.25) is 0 Å². The number of benzene rings is 1. The summed E-state index contributed by atoms with van der Waals surface area (Å²) in [5.74, 6) is 0.802. The van der Waals surface area contributed by atoms with E-state index in [0.717, 1.165) is 40.8 Å². The smallest absolute Gasteiger partial charge is 0.262 e. The van der Waals surface area contributed by atoms with Gasteiger partial charge in [-0.3, -0.25) is 9.36 Å². The number of methoxy groups -OCH3 is 1. The van der Waals surface area contributed by atoms with Gasteiger partial charge in [0.1, 0.15) is 10.6 Å². The number of thiophene rings is 1. The van der Waals surface area contributed by atoms with Gasteiger partial charge in [-0.2, -0.15) is 0 Å². The fourth-order valence-electron chi connectivity index (χ4n) is 3.10. The Hall–Kier alpha value is -2.14. The predicted molar refractivity (Wildman–Crippen MR) is 88.0 cm³/mol. The van der Waals surface area contributed by atoms with Gasteiger partial charge >= 0.3 is 0 Å². The Morgan fingerprint density at radius 3 is 3.14 bits per heavy atom. The van der Waals surface area contributed by atoms with E-state index >= 15 is 0 Å². The average molecular weight is 312 g/mol. The molecule has 0 bridgehead atoms. The molecule has 4 rings (SSSR count). The number of aromatic nitrogens is 2. The fourth-order valence-corrected chi connectivity index (χ4v) is 4.32. The van der Waals surface area contributed by atoms with E-state index in [1.807, 2.05) is 24.3 Å². The van der Waals surface area contributed by atoms with Crippen LogP contribution in [-0.4, -0.2) is 16.7 Å². The van der Waals surface area contributed by atoms with Crippen molar-refractivity contribution in [2.75, 3.05) is 7.11 Å². The Morgan fingerprint density at radius 1 is 1.36 bits per heavy atom. The second-order valence-electron chi connectivity index (χ2n) is 5.57. The van der Waals surface area contributed by atoms with Crippen molar-refractivity contribution in [2.45, 2.75) is 25.8 Å². The third kappa shape index (κ3) is 2.13. The maximum atomic E-state index is 12.8. The summed E-state index contributed by atoms with van der Waals surface area (Å²) >= 11 is 1.68. The van der Waals surface area contributed by atoms with E-state index in [2.05, 4.69) is 4.98 Å². The van der Waals surface area contributed by atoms with E-state index in [0.29, 0.717) is 6.54 Å². The molecule has 3 aromatic rings. The minimum Gasteiger partial charge on any atom is -0.497 e. The maximum Gasteiger partial charge on any atom is 0.262 e. The minimum absolute atomic E-state index is 0.0761. The second-order valence-corrected chi connectivity index (χ2v) is 6.65. The molecule has 4 nitrogen and oxygen atoms in total. The van der Waals surface area contributed by atoms with Crippen molar-refractivity contribution in [3.63, 3.8) is 0 Å². The van der Waals surface area contributed by atoms with Gasteiger partial charge in [-0.15, -0.1) is 11.3 Å². The second kappa shape index (κ2) is 5.25. The summed E-state index contributed by atoms with van der Waals surface area (Å²) in [4.78, 5) is 19.5. The van der Waals surface area contributed by atoms with Crippen LogP contribution in [0.1, 0.15) is 22.4 Å². The van der Waals surface area contributed by atoms with Gasteiger partial charge in [-0.25, -0.2) is 4.98 Å². The van der Waals surface area contributed by atoms with Crippen LogP contribution < -0.4 is 10.3 Å². The molecule has 1 aliphatic rings. The first-order valence-corrected chi connectivity index (χ1v) is 8.20. The van der Waals surface area contributed by atoms with Crippen molar-refractivity contribution < 1.29 is 4.74 Å². The Kier molecular flexibility index (Phi) is 3.22. The highest BCUT2D eigenvalue weighted by atomic mass is 32.1. The molecule has 0 atom stereocenters. The van der Waals surface area contributed by atoms with Crippen molar-refractivity contribution in [1.82, 2.24) is 9.55 Å². The van der Waals surface area contributed by atoms with Gasteiger partial charge in [0.05, 0.1) is 25.4 Å². The van der Waals surface area contributed by atoms with E-state index < -0.39 is 0 Å². The molecule has 22 heavy (non-hydrogen) atoms. The summed E-state index contributed by atoms with van der Waals surface area (Å²) in [5.41, 5.74) is 2.35. The average Bonchev–Trinajstić information content (AvgIpc) is 3.11. The quantitative estimate of drug-likeness (QED) is 0.747. The molecule has 0 fully saturated rings. The number of ether oxygens (including phenoxy) is 1. The number of nitrogens with zero attached hydrogens (tertiary/aromatic N) is 2. The summed E-state index contributed by atoms with van der Waals surface area (Å²) in [5, 5.41) is 0.836. The molecule has 0 saturated carbocycles. The molecule has 1 aliphatic carbocycles. The Balaban J connectivity index is 1.79. The molecule has 2 aromatic heterocycles. The first-order valence-electron chi connectivity index (χ1n) is 7.39. The summed E-state index contributed by atoms with van der Waals surface area (Å²) < 4.78 is 6.94. The van der Waals surface area contributed by atoms with Crippen molar-refractivity contribution in [2.24, 2.45) is 0 Å². The number of fused-ring (bicyclic) bond motifs is 3.